The molecule has 28 heavy (non-hydrogen) atoms. The van der Waals surface area contributed by atoms with Crippen LogP contribution in [0.5, 0.6) is 0 Å². The number of benzene rings is 1. The molecular weight excluding hydrogens is 367 g/mol. The number of carbonyl (C=O) groups is 3. The highest BCUT2D eigenvalue weighted by molar-refractivity contribution is 6.04. The maximum absolute atomic E-state index is 13.1. The summed E-state index contributed by atoms with van der Waals surface area (Å²) in [5, 5.41) is 13.8. The van der Waals surface area contributed by atoms with Gasteiger partial charge in [-0.3, -0.25) is 14.4 Å². The molecule has 0 atom stereocenters. The highest BCUT2D eigenvalue weighted by atomic mass is 19.1. The van der Waals surface area contributed by atoms with Crippen molar-refractivity contribution in [1.82, 2.24) is 10.6 Å². The first-order valence-corrected chi connectivity index (χ1v) is 8.78. The smallest absolute Gasteiger partial charge is 0.303 e. The normalized spacial score (nSPS) is 11.1. The van der Waals surface area contributed by atoms with Crippen LogP contribution in [-0.4, -0.2) is 29.4 Å². The maximum atomic E-state index is 13.1. The van der Waals surface area contributed by atoms with Gasteiger partial charge in [-0.2, -0.15) is 0 Å². The van der Waals surface area contributed by atoms with E-state index < -0.39 is 23.6 Å². The van der Waals surface area contributed by atoms with Crippen LogP contribution in [0.1, 0.15) is 41.8 Å². The molecule has 0 aliphatic heterocycles. The third-order valence-corrected chi connectivity index (χ3v) is 3.77. The lowest BCUT2D eigenvalue weighted by atomic mass is 10.1. The number of carboxylic acid groups (broad SMARTS) is 1. The molecule has 2 aromatic rings. The number of carbonyl (C=O) groups excluding carboxylic acids is 2. The van der Waals surface area contributed by atoms with Crippen LogP contribution in [0.2, 0.25) is 0 Å². The van der Waals surface area contributed by atoms with Crippen molar-refractivity contribution in [2.45, 2.75) is 25.7 Å². The first kappa shape index (κ1) is 20.9. The van der Waals surface area contributed by atoms with E-state index in [-0.39, 0.29) is 17.9 Å². The third kappa shape index (κ3) is 7.06. The van der Waals surface area contributed by atoms with Gasteiger partial charge < -0.3 is 20.2 Å². The van der Waals surface area contributed by atoms with Crippen molar-refractivity contribution in [3.8, 4) is 0 Å². The van der Waals surface area contributed by atoms with Gasteiger partial charge in [0.05, 0.1) is 6.26 Å². The quantitative estimate of drug-likeness (QED) is 0.428. The predicted octanol–water partition coefficient (Wildman–Crippen LogP) is 2.95. The SMILES string of the molecule is O=C(O)CCCCCNC(=O)C(=Cc1ccc(F)cc1)NC(=O)c1ccco1. The molecule has 0 radical (unpaired) electrons. The Balaban J connectivity index is 2.00. The van der Waals surface area contributed by atoms with Crippen molar-refractivity contribution < 1.29 is 28.3 Å². The number of furan rings is 1. The number of aliphatic carboxylic acids is 1. The second-order valence-corrected chi connectivity index (χ2v) is 6.00. The Morgan fingerprint density at radius 2 is 1.82 bits per heavy atom. The fourth-order valence-electron chi connectivity index (χ4n) is 2.35. The molecule has 7 nitrogen and oxygen atoms in total. The topological polar surface area (TPSA) is 109 Å². The molecule has 0 spiro atoms. The van der Waals surface area contributed by atoms with Gasteiger partial charge in [0.25, 0.3) is 11.8 Å². The lowest BCUT2D eigenvalue weighted by Crippen LogP contribution is -2.35. The second kappa shape index (κ2) is 10.7. The summed E-state index contributed by atoms with van der Waals surface area (Å²) in [6.45, 7) is 0.329. The van der Waals surface area contributed by atoms with Crippen LogP contribution in [-0.2, 0) is 9.59 Å². The van der Waals surface area contributed by atoms with Gasteiger partial charge in [0.15, 0.2) is 5.76 Å². The Bertz CT molecular complexity index is 829. The Labute approximate surface area is 161 Å². The molecule has 0 saturated heterocycles. The van der Waals surface area contributed by atoms with Crippen molar-refractivity contribution in [2.24, 2.45) is 0 Å². The average molecular weight is 388 g/mol. The summed E-state index contributed by atoms with van der Waals surface area (Å²) in [6.07, 6.45) is 4.65. The first-order chi connectivity index (χ1) is 13.5. The minimum Gasteiger partial charge on any atom is -0.481 e. The summed E-state index contributed by atoms with van der Waals surface area (Å²) in [5.41, 5.74) is 0.520. The summed E-state index contributed by atoms with van der Waals surface area (Å²) < 4.78 is 18.1. The molecule has 0 aliphatic carbocycles. The van der Waals surface area contributed by atoms with Gasteiger partial charge in [-0.05, 0) is 48.7 Å². The van der Waals surface area contributed by atoms with E-state index in [1.165, 1.54) is 42.7 Å². The zero-order valence-electron chi connectivity index (χ0n) is 15.1. The first-order valence-electron chi connectivity index (χ1n) is 8.78. The fraction of sp³-hybridized carbons (Fsp3) is 0.250. The number of hydrogen-bond acceptors (Lipinski definition) is 4. The van der Waals surface area contributed by atoms with Gasteiger partial charge in [-0.1, -0.05) is 18.6 Å². The molecule has 8 heteroatoms. The van der Waals surface area contributed by atoms with E-state index in [0.717, 1.165) is 0 Å². The van der Waals surface area contributed by atoms with E-state index in [1.807, 2.05) is 0 Å². The molecule has 0 unspecified atom stereocenters. The van der Waals surface area contributed by atoms with Crippen LogP contribution in [0.3, 0.4) is 0 Å². The molecule has 1 aromatic heterocycles. The average Bonchev–Trinajstić information content (AvgIpc) is 3.20. The van der Waals surface area contributed by atoms with Crippen LogP contribution in [0.4, 0.5) is 4.39 Å². The van der Waals surface area contributed by atoms with Gasteiger partial charge in [0.2, 0.25) is 0 Å². The van der Waals surface area contributed by atoms with Gasteiger partial charge in [-0.25, -0.2) is 4.39 Å². The van der Waals surface area contributed by atoms with Crippen molar-refractivity contribution in [2.75, 3.05) is 6.54 Å². The third-order valence-electron chi connectivity index (χ3n) is 3.77. The van der Waals surface area contributed by atoms with Crippen molar-refractivity contribution >= 4 is 23.9 Å². The van der Waals surface area contributed by atoms with Crippen LogP contribution in [0, 0.1) is 5.82 Å². The Kier molecular flexibility index (Phi) is 7.95. The predicted molar refractivity (Wildman–Crippen MR) is 99.7 cm³/mol. The summed E-state index contributed by atoms with van der Waals surface area (Å²) >= 11 is 0. The van der Waals surface area contributed by atoms with Crippen LogP contribution in [0.15, 0.2) is 52.8 Å². The van der Waals surface area contributed by atoms with E-state index in [0.29, 0.717) is 31.4 Å². The number of hydrogen-bond donors (Lipinski definition) is 3. The molecule has 1 heterocycles. The van der Waals surface area contributed by atoms with E-state index in [2.05, 4.69) is 10.6 Å². The van der Waals surface area contributed by atoms with Crippen LogP contribution in [0.25, 0.3) is 6.08 Å². The lowest BCUT2D eigenvalue weighted by molar-refractivity contribution is -0.137. The number of halogens is 1. The second-order valence-electron chi connectivity index (χ2n) is 6.00. The monoisotopic (exact) mass is 388 g/mol. The molecule has 0 fully saturated rings. The number of carboxylic acids is 1. The van der Waals surface area contributed by atoms with Gasteiger partial charge in [0, 0.05) is 13.0 Å². The molecule has 2 amide bonds. The maximum Gasteiger partial charge on any atom is 0.303 e. The van der Waals surface area contributed by atoms with Crippen LogP contribution >= 0.6 is 0 Å². The molecule has 0 saturated carbocycles. The lowest BCUT2D eigenvalue weighted by Gasteiger charge is -2.10. The molecular formula is C20H21FN2O5. The largest absolute Gasteiger partial charge is 0.481 e. The Morgan fingerprint density at radius 1 is 1.07 bits per heavy atom. The highest BCUT2D eigenvalue weighted by Gasteiger charge is 2.16. The minimum absolute atomic E-state index is 0.0152. The summed E-state index contributed by atoms with van der Waals surface area (Å²) in [4.78, 5) is 35.1. The zero-order chi connectivity index (χ0) is 20.4. The molecule has 0 aliphatic rings. The number of unbranched alkanes of at least 4 members (excludes halogenated alkanes) is 2. The van der Waals surface area contributed by atoms with Crippen molar-refractivity contribution in [1.29, 1.82) is 0 Å². The van der Waals surface area contributed by atoms with E-state index in [4.69, 9.17) is 9.52 Å². The van der Waals surface area contributed by atoms with Crippen molar-refractivity contribution in [3.63, 3.8) is 0 Å². The van der Waals surface area contributed by atoms with Gasteiger partial charge in [0.1, 0.15) is 11.5 Å². The van der Waals surface area contributed by atoms with Gasteiger partial charge >= 0.3 is 5.97 Å². The van der Waals surface area contributed by atoms with E-state index >= 15 is 0 Å². The molecule has 148 valence electrons. The minimum atomic E-state index is -0.853. The molecule has 1 aromatic carbocycles. The summed E-state index contributed by atoms with van der Waals surface area (Å²) in [5.74, 6) is -2.32. The molecule has 0 bridgehead atoms. The standard InChI is InChI=1S/C20H21FN2O5/c21-15-9-7-14(8-10-15)13-16(23-20(27)17-5-4-12-28-17)19(26)22-11-3-1-2-6-18(24)25/h4-5,7-10,12-13H,1-3,6,11H2,(H,22,26)(H,23,27)(H,24,25). The van der Waals surface area contributed by atoms with E-state index in [9.17, 15) is 18.8 Å². The van der Waals surface area contributed by atoms with E-state index in [1.54, 1.807) is 6.07 Å². The summed E-state index contributed by atoms with van der Waals surface area (Å²) in [7, 11) is 0. The highest BCUT2D eigenvalue weighted by Crippen LogP contribution is 2.09. The number of rotatable bonds is 10. The fourth-order valence-corrected chi connectivity index (χ4v) is 2.35. The molecule has 2 rings (SSSR count). The Hall–Kier alpha value is -3.42. The Morgan fingerprint density at radius 3 is 2.46 bits per heavy atom. The van der Waals surface area contributed by atoms with Crippen molar-refractivity contribution in [3.05, 3.63) is 65.5 Å². The number of nitrogens with one attached hydrogen (secondary N) is 2. The zero-order valence-corrected chi connectivity index (χ0v) is 15.1. The van der Waals surface area contributed by atoms with Crippen LogP contribution < -0.4 is 10.6 Å². The van der Waals surface area contributed by atoms with Gasteiger partial charge in [-0.15, -0.1) is 0 Å². The molecule has 3 N–H and O–H groups in total. The summed E-state index contributed by atoms with van der Waals surface area (Å²) in [6, 6.07) is 8.47. The number of amides is 2.